The predicted molar refractivity (Wildman–Crippen MR) is 152 cm³/mol. The minimum Gasteiger partial charge on any atom is -0.497 e. The van der Waals surface area contributed by atoms with E-state index in [0.717, 1.165) is 23.2 Å². The maximum Gasteiger partial charge on any atom is 0.410 e. The van der Waals surface area contributed by atoms with E-state index in [2.05, 4.69) is 14.9 Å². The minimum absolute atomic E-state index is 0.0551. The van der Waals surface area contributed by atoms with Gasteiger partial charge in [-0.3, -0.25) is 0 Å². The van der Waals surface area contributed by atoms with Crippen LogP contribution in [0.3, 0.4) is 0 Å². The van der Waals surface area contributed by atoms with Crippen LogP contribution in [0, 0.1) is 6.92 Å². The van der Waals surface area contributed by atoms with E-state index >= 15 is 0 Å². The van der Waals surface area contributed by atoms with Crippen molar-refractivity contribution in [3.05, 3.63) is 58.5 Å². The fraction of sp³-hybridized carbons (Fsp3) is 0.444. The number of anilines is 2. The Balaban J connectivity index is 1.54. The number of nitrogens with zero attached hydrogens (tertiary/aromatic N) is 5. The Morgan fingerprint density at radius 2 is 1.92 bits per heavy atom. The first kappa shape index (κ1) is 28.6. The van der Waals surface area contributed by atoms with Gasteiger partial charge >= 0.3 is 6.09 Å². The molecule has 0 spiro atoms. The first-order chi connectivity index (χ1) is 18.4. The number of likely N-dealkylation sites (N-methyl/N-ethyl adjacent to an activating group) is 1. The van der Waals surface area contributed by atoms with Gasteiger partial charge in [-0.15, -0.1) is 11.3 Å². The first-order valence-corrected chi connectivity index (χ1v) is 15.0. The second kappa shape index (κ2) is 11.4. The number of ether oxygens (including phenoxy) is 2. The molecule has 210 valence electrons. The lowest BCUT2D eigenvalue weighted by atomic mass is 10.1. The molecule has 1 aliphatic heterocycles. The van der Waals surface area contributed by atoms with Gasteiger partial charge in [0.15, 0.2) is 10.8 Å². The Morgan fingerprint density at radius 1 is 1.21 bits per heavy atom. The van der Waals surface area contributed by atoms with Crippen LogP contribution in [0.15, 0.2) is 52.4 Å². The number of amides is 1. The molecule has 1 aromatic carbocycles. The number of pyridine rings is 1. The lowest BCUT2D eigenvalue weighted by molar-refractivity contribution is 0.0292. The molecule has 0 bridgehead atoms. The summed E-state index contributed by atoms with van der Waals surface area (Å²) in [4.78, 5) is 24.9. The number of benzene rings is 1. The summed E-state index contributed by atoms with van der Waals surface area (Å²) in [7, 11) is -0.492. The van der Waals surface area contributed by atoms with E-state index in [9.17, 15) is 13.2 Å². The normalized spacial score (nSPS) is 15.7. The third-order valence-corrected chi connectivity index (χ3v) is 8.74. The molecular weight excluding hydrogens is 538 g/mol. The molecule has 0 radical (unpaired) electrons. The van der Waals surface area contributed by atoms with Gasteiger partial charge in [-0.05, 0) is 63.4 Å². The molecule has 1 atom stereocenters. The Kier molecular flexibility index (Phi) is 8.36. The van der Waals surface area contributed by atoms with Crippen LogP contribution >= 0.6 is 11.3 Å². The lowest BCUT2D eigenvalue weighted by Crippen LogP contribution is -2.39. The highest BCUT2D eigenvalue weighted by molar-refractivity contribution is 7.92. The van der Waals surface area contributed by atoms with E-state index < -0.39 is 15.6 Å². The van der Waals surface area contributed by atoms with Crippen molar-refractivity contribution in [3.8, 4) is 5.75 Å². The molecule has 1 aliphatic rings. The largest absolute Gasteiger partial charge is 0.497 e. The second-order valence-electron chi connectivity index (χ2n) is 10.5. The molecule has 0 saturated carbocycles. The summed E-state index contributed by atoms with van der Waals surface area (Å²) in [6.07, 6.45) is 2.04. The molecule has 0 aliphatic carbocycles. The molecule has 3 aromatic rings. The molecule has 10 nitrogen and oxygen atoms in total. The van der Waals surface area contributed by atoms with Gasteiger partial charge in [0, 0.05) is 31.6 Å². The topological polar surface area (TPSA) is 105 Å². The van der Waals surface area contributed by atoms with E-state index in [1.807, 2.05) is 46.9 Å². The van der Waals surface area contributed by atoms with Gasteiger partial charge in [-0.1, -0.05) is 12.1 Å². The molecular formula is C27H35N5O5S2. The van der Waals surface area contributed by atoms with Gasteiger partial charge < -0.3 is 19.3 Å². The summed E-state index contributed by atoms with van der Waals surface area (Å²) in [5.74, 6) is 1.03. The minimum atomic E-state index is -4.01. The van der Waals surface area contributed by atoms with Crippen molar-refractivity contribution in [2.75, 3.05) is 36.5 Å². The zero-order valence-corrected chi connectivity index (χ0v) is 24.8. The summed E-state index contributed by atoms with van der Waals surface area (Å²) in [6.45, 7) is 8.62. The predicted octanol–water partition coefficient (Wildman–Crippen LogP) is 4.70. The van der Waals surface area contributed by atoms with Crippen molar-refractivity contribution >= 4 is 39.0 Å². The van der Waals surface area contributed by atoms with Gasteiger partial charge in [0.2, 0.25) is 0 Å². The Labute approximate surface area is 234 Å². The molecule has 1 amide bonds. The van der Waals surface area contributed by atoms with Crippen molar-refractivity contribution in [3.63, 3.8) is 0 Å². The van der Waals surface area contributed by atoms with Crippen molar-refractivity contribution < 1.29 is 22.7 Å². The second-order valence-corrected chi connectivity index (χ2v) is 13.0. The number of aryl methyl sites for hydroxylation is 1. The molecule has 1 fully saturated rings. The van der Waals surface area contributed by atoms with E-state index in [-0.39, 0.29) is 23.7 Å². The summed E-state index contributed by atoms with van der Waals surface area (Å²) in [5.41, 5.74) is 3.41. The summed E-state index contributed by atoms with van der Waals surface area (Å²) in [5, 5.41) is 1.65. The molecule has 4 rings (SSSR count). The summed E-state index contributed by atoms with van der Waals surface area (Å²) >= 11 is 1.32. The van der Waals surface area contributed by atoms with Gasteiger partial charge in [0.05, 0.1) is 31.0 Å². The van der Waals surface area contributed by atoms with Crippen LogP contribution in [-0.2, 0) is 21.3 Å². The average Bonchev–Trinajstić information content (AvgIpc) is 3.59. The zero-order valence-electron chi connectivity index (χ0n) is 23.1. The maximum absolute atomic E-state index is 13.8. The third-order valence-electron chi connectivity index (χ3n) is 6.52. The van der Waals surface area contributed by atoms with E-state index in [0.29, 0.717) is 24.7 Å². The highest BCUT2D eigenvalue weighted by atomic mass is 32.2. The Morgan fingerprint density at radius 3 is 2.51 bits per heavy atom. The number of hydrogen-bond acceptors (Lipinski definition) is 9. The van der Waals surface area contributed by atoms with E-state index in [1.165, 1.54) is 15.6 Å². The molecule has 0 unspecified atom stereocenters. The number of rotatable bonds is 8. The molecule has 1 saturated heterocycles. The number of hydrogen-bond donors (Lipinski definition) is 0. The molecule has 2 aromatic heterocycles. The Hall–Kier alpha value is -3.38. The number of carbonyl (C=O) groups is 1. The highest BCUT2D eigenvalue weighted by Crippen LogP contribution is 2.30. The Bertz CT molecular complexity index is 1390. The van der Waals surface area contributed by atoms with Gasteiger partial charge in [-0.25, -0.2) is 19.1 Å². The molecule has 3 heterocycles. The molecule has 0 N–H and O–H groups in total. The number of sulfonamides is 1. The highest BCUT2D eigenvalue weighted by Gasteiger charge is 2.33. The van der Waals surface area contributed by atoms with Crippen LogP contribution < -0.4 is 13.9 Å². The van der Waals surface area contributed by atoms with Crippen molar-refractivity contribution in [2.24, 2.45) is 0 Å². The lowest BCUT2D eigenvalue weighted by Gasteiger charge is -2.29. The van der Waals surface area contributed by atoms with Gasteiger partial charge in [-0.2, -0.15) is 8.42 Å². The van der Waals surface area contributed by atoms with Crippen molar-refractivity contribution in [1.29, 1.82) is 0 Å². The van der Waals surface area contributed by atoms with Crippen LogP contribution in [0.4, 0.5) is 16.3 Å². The SMILES string of the molecule is COc1ccc(CN(c2cscn2)S(=O)(=O)c2cc(C)c(N(C)[C@H]3CCN(C(=O)OC(C)(C)C)C3)cn2)cc1. The summed E-state index contributed by atoms with van der Waals surface area (Å²) < 4.78 is 39.6. The fourth-order valence-electron chi connectivity index (χ4n) is 4.41. The number of aromatic nitrogens is 2. The zero-order chi connectivity index (χ0) is 28.4. The first-order valence-electron chi connectivity index (χ1n) is 12.6. The fourth-order valence-corrected chi connectivity index (χ4v) is 6.42. The summed E-state index contributed by atoms with van der Waals surface area (Å²) in [6, 6.07) is 8.89. The monoisotopic (exact) mass is 573 g/mol. The van der Waals surface area contributed by atoms with Crippen LogP contribution in [-0.4, -0.2) is 68.3 Å². The number of methoxy groups -OCH3 is 1. The van der Waals surface area contributed by atoms with Gasteiger partial charge in [0.25, 0.3) is 10.0 Å². The van der Waals surface area contributed by atoms with Gasteiger partial charge in [0.1, 0.15) is 11.4 Å². The van der Waals surface area contributed by atoms with E-state index in [4.69, 9.17) is 9.47 Å². The number of carbonyl (C=O) groups excluding carboxylic acids is 1. The van der Waals surface area contributed by atoms with Crippen LogP contribution in [0.2, 0.25) is 0 Å². The smallest absolute Gasteiger partial charge is 0.410 e. The van der Waals surface area contributed by atoms with E-state index in [1.54, 1.807) is 47.3 Å². The maximum atomic E-state index is 13.8. The molecule has 12 heteroatoms. The standard InChI is InChI=1S/C27H35N5O5S2/c1-19-13-25(28-14-23(19)30(5)21-11-12-31(16-21)26(33)37-27(2,3)4)39(34,35)32(24-17-38-18-29-24)15-20-7-9-22(36-6)10-8-20/h7-10,13-14,17-18,21H,11-12,15-16H2,1-6H3/t21-/m0/s1. The van der Waals surface area contributed by atoms with Crippen LogP contribution in [0.1, 0.15) is 38.3 Å². The number of likely N-dealkylation sites (tertiary alicyclic amines) is 1. The van der Waals surface area contributed by atoms with Crippen molar-refractivity contribution in [1.82, 2.24) is 14.9 Å². The third kappa shape index (κ3) is 6.62. The van der Waals surface area contributed by atoms with Crippen LogP contribution in [0.5, 0.6) is 5.75 Å². The quantitative estimate of drug-likeness (QED) is 0.382. The van der Waals surface area contributed by atoms with Crippen LogP contribution in [0.25, 0.3) is 0 Å². The number of thiazole rings is 1. The average molecular weight is 574 g/mol. The van der Waals surface area contributed by atoms with Crippen molar-refractivity contribution in [2.45, 2.75) is 57.3 Å². The molecule has 39 heavy (non-hydrogen) atoms.